The predicted octanol–water partition coefficient (Wildman–Crippen LogP) is 4.35. The van der Waals surface area contributed by atoms with Crippen molar-refractivity contribution in [3.8, 4) is 0 Å². The van der Waals surface area contributed by atoms with Crippen LogP contribution in [0.25, 0.3) is 0 Å². The molecule has 2 nitrogen and oxygen atoms in total. The van der Waals surface area contributed by atoms with E-state index >= 15 is 0 Å². The van der Waals surface area contributed by atoms with Crippen LogP contribution in [0.5, 0.6) is 0 Å². The Balaban J connectivity index is 4.20. The largest absolute Gasteiger partial charge is 0.394 e. The van der Waals surface area contributed by atoms with E-state index in [-0.39, 0.29) is 5.41 Å². The van der Waals surface area contributed by atoms with Crippen molar-refractivity contribution in [3.63, 3.8) is 0 Å². The Bertz CT molecular complexity index is 171. The summed E-state index contributed by atoms with van der Waals surface area (Å²) in [5, 5.41) is 0. The Labute approximate surface area is 103 Å². The fourth-order valence-electron chi connectivity index (χ4n) is 1.45. The lowest BCUT2D eigenvalue weighted by atomic mass is 9.99. The minimum Gasteiger partial charge on any atom is -0.394 e. The van der Waals surface area contributed by atoms with Gasteiger partial charge in [0.1, 0.15) is 0 Å². The van der Waals surface area contributed by atoms with Crippen molar-refractivity contribution in [1.82, 2.24) is 0 Å². The lowest BCUT2D eigenvalue weighted by molar-refractivity contribution is 0.119. The third-order valence-electron chi connectivity index (χ3n) is 2.71. The van der Waals surface area contributed by atoms with E-state index in [0.717, 1.165) is 31.7 Å². The van der Waals surface area contributed by atoms with Crippen LogP contribution in [-0.2, 0) is 8.85 Å². The summed E-state index contributed by atoms with van der Waals surface area (Å²) in [6.45, 7) is 14.9. The van der Waals surface area contributed by atoms with E-state index < -0.39 is 8.56 Å². The third-order valence-corrected chi connectivity index (χ3v) is 6.26. The summed E-state index contributed by atoms with van der Waals surface area (Å²) in [6, 6.07) is 2.12. The Hall–Kier alpha value is 0.137. The van der Waals surface area contributed by atoms with Gasteiger partial charge in [-0.25, -0.2) is 0 Å². The number of rotatable bonds is 8. The normalized spacial score (nSPS) is 13.1. The van der Waals surface area contributed by atoms with Crippen LogP contribution in [0.3, 0.4) is 0 Å². The molecule has 0 rings (SSSR count). The van der Waals surface area contributed by atoms with Gasteiger partial charge in [-0.05, 0) is 23.9 Å². The topological polar surface area (TPSA) is 18.5 Å². The zero-order chi connectivity index (χ0) is 12.7. The molecule has 3 heteroatoms. The van der Waals surface area contributed by atoms with Crippen molar-refractivity contribution < 1.29 is 8.85 Å². The summed E-state index contributed by atoms with van der Waals surface area (Å²) in [5.74, 6) is 0. The first-order valence-corrected chi connectivity index (χ1v) is 8.90. The molecule has 98 valence electrons. The van der Waals surface area contributed by atoms with Gasteiger partial charge in [0.05, 0.1) is 0 Å². The first-order chi connectivity index (χ1) is 7.39. The number of hydrogen-bond acceptors (Lipinski definition) is 2. The second kappa shape index (κ2) is 7.46. The fraction of sp³-hybridized carbons (Fsp3) is 1.00. The highest BCUT2D eigenvalue weighted by Crippen LogP contribution is 2.23. The highest BCUT2D eigenvalue weighted by atomic mass is 28.4. The molecule has 0 aliphatic rings. The number of unbranched alkanes of at least 4 members (excludes halogenated alkanes) is 1. The van der Waals surface area contributed by atoms with Crippen LogP contribution in [0, 0.1) is 5.41 Å². The summed E-state index contributed by atoms with van der Waals surface area (Å²) in [6.07, 6.45) is 2.34. The van der Waals surface area contributed by atoms with Crippen molar-refractivity contribution in [2.45, 2.75) is 66.5 Å². The molecule has 0 heterocycles. The Morgan fingerprint density at radius 1 is 0.938 bits per heavy atom. The molecule has 0 aliphatic heterocycles. The van der Waals surface area contributed by atoms with Crippen LogP contribution in [0.1, 0.15) is 54.4 Å². The molecule has 0 saturated carbocycles. The van der Waals surface area contributed by atoms with Crippen molar-refractivity contribution in [2.24, 2.45) is 5.41 Å². The molecule has 0 saturated heterocycles. The molecule has 0 amide bonds. The lowest BCUT2D eigenvalue weighted by Crippen LogP contribution is -2.43. The van der Waals surface area contributed by atoms with Crippen LogP contribution in [0.2, 0.25) is 12.1 Å². The van der Waals surface area contributed by atoms with Crippen LogP contribution in [-0.4, -0.2) is 21.8 Å². The maximum atomic E-state index is 6.16. The fourth-order valence-corrected chi connectivity index (χ4v) is 4.06. The Morgan fingerprint density at radius 2 is 1.50 bits per heavy atom. The smallest absolute Gasteiger partial charge is 0.337 e. The van der Waals surface area contributed by atoms with Gasteiger partial charge in [0.25, 0.3) is 0 Å². The van der Waals surface area contributed by atoms with E-state index in [1.807, 2.05) is 0 Å². The average molecular weight is 246 g/mol. The number of hydrogen-bond donors (Lipinski definition) is 0. The van der Waals surface area contributed by atoms with E-state index in [4.69, 9.17) is 8.85 Å². The van der Waals surface area contributed by atoms with Gasteiger partial charge in [0.2, 0.25) is 0 Å². The molecule has 0 aliphatic carbocycles. The quantitative estimate of drug-likeness (QED) is 0.468. The standard InChI is InChI=1S/C13H30O2Si/c1-7-10-11-14-16(8-2,9-3)15-12-13(4,5)6/h7-12H2,1-6H3. The summed E-state index contributed by atoms with van der Waals surface area (Å²) in [4.78, 5) is 0. The van der Waals surface area contributed by atoms with Crippen LogP contribution < -0.4 is 0 Å². The van der Waals surface area contributed by atoms with E-state index in [9.17, 15) is 0 Å². The minimum atomic E-state index is -1.89. The van der Waals surface area contributed by atoms with Gasteiger partial charge >= 0.3 is 8.56 Å². The van der Waals surface area contributed by atoms with E-state index in [1.165, 1.54) is 6.42 Å². The van der Waals surface area contributed by atoms with Gasteiger partial charge in [-0.3, -0.25) is 0 Å². The molecule has 0 radical (unpaired) electrons. The first kappa shape index (κ1) is 16.1. The summed E-state index contributed by atoms with van der Waals surface area (Å²) >= 11 is 0. The third kappa shape index (κ3) is 6.66. The predicted molar refractivity (Wildman–Crippen MR) is 73.0 cm³/mol. The van der Waals surface area contributed by atoms with E-state index in [1.54, 1.807) is 0 Å². The summed E-state index contributed by atoms with van der Waals surface area (Å²) in [5.41, 5.74) is 0.233. The van der Waals surface area contributed by atoms with Crippen molar-refractivity contribution >= 4 is 8.56 Å². The van der Waals surface area contributed by atoms with Crippen molar-refractivity contribution in [3.05, 3.63) is 0 Å². The molecule has 0 spiro atoms. The summed E-state index contributed by atoms with van der Waals surface area (Å²) < 4.78 is 12.2. The second-order valence-electron chi connectivity index (χ2n) is 5.67. The molecule has 0 aromatic rings. The SMILES string of the molecule is CCCCO[Si](CC)(CC)OCC(C)(C)C. The van der Waals surface area contributed by atoms with Crippen LogP contribution in [0.15, 0.2) is 0 Å². The van der Waals surface area contributed by atoms with Crippen molar-refractivity contribution in [1.29, 1.82) is 0 Å². The van der Waals surface area contributed by atoms with Gasteiger partial charge in [0, 0.05) is 13.2 Å². The molecule has 0 unspecified atom stereocenters. The molecular formula is C13H30O2Si. The van der Waals surface area contributed by atoms with Gasteiger partial charge in [-0.15, -0.1) is 0 Å². The molecular weight excluding hydrogens is 216 g/mol. The maximum Gasteiger partial charge on any atom is 0.337 e. The Kier molecular flexibility index (Phi) is 7.52. The first-order valence-electron chi connectivity index (χ1n) is 6.67. The second-order valence-corrected chi connectivity index (χ2v) is 9.48. The highest BCUT2D eigenvalue weighted by molar-refractivity contribution is 6.67. The highest BCUT2D eigenvalue weighted by Gasteiger charge is 2.34. The molecule has 0 bridgehead atoms. The van der Waals surface area contributed by atoms with Crippen LogP contribution >= 0.6 is 0 Å². The zero-order valence-electron chi connectivity index (χ0n) is 12.1. The minimum absolute atomic E-state index is 0.233. The molecule has 0 atom stereocenters. The van der Waals surface area contributed by atoms with Crippen LogP contribution in [0.4, 0.5) is 0 Å². The van der Waals surface area contributed by atoms with E-state index in [2.05, 4.69) is 41.5 Å². The lowest BCUT2D eigenvalue weighted by Gasteiger charge is -2.32. The monoisotopic (exact) mass is 246 g/mol. The molecule has 0 fully saturated rings. The van der Waals surface area contributed by atoms with Gasteiger partial charge in [-0.1, -0.05) is 48.0 Å². The zero-order valence-corrected chi connectivity index (χ0v) is 13.1. The van der Waals surface area contributed by atoms with Gasteiger partial charge in [-0.2, -0.15) is 0 Å². The summed E-state index contributed by atoms with van der Waals surface area (Å²) in [7, 11) is -1.89. The van der Waals surface area contributed by atoms with Gasteiger partial charge < -0.3 is 8.85 Å². The molecule has 0 aromatic carbocycles. The molecule has 0 aromatic heterocycles. The van der Waals surface area contributed by atoms with Gasteiger partial charge in [0.15, 0.2) is 0 Å². The van der Waals surface area contributed by atoms with Crippen molar-refractivity contribution in [2.75, 3.05) is 13.2 Å². The Morgan fingerprint density at radius 3 is 1.88 bits per heavy atom. The molecule has 0 N–H and O–H groups in total. The maximum absolute atomic E-state index is 6.16. The van der Waals surface area contributed by atoms with E-state index in [0.29, 0.717) is 0 Å². The molecule has 16 heavy (non-hydrogen) atoms. The average Bonchev–Trinajstić information content (AvgIpc) is 2.23.